The zero-order valence-corrected chi connectivity index (χ0v) is 18.9. The van der Waals surface area contributed by atoms with Crippen molar-refractivity contribution >= 4 is 11.8 Å². The van der Waals surface area contributed by atoms with Gasteiger partial charge in [-0.25, -0.2) is 9.07 Å². The van der Waals surface area contributed by atoms with E-state index in [1.807, 2.05) is 30.9 Å². The van der Waals surface area contributed by atoms with Gasteiger partial charge in [-0.1, -0.05) is 24.3 Å². The van der Waals surface area contributed by atoms with E-state index in [4.69, 9.17) is 4.74 Å². The molecule has 4 rings (SSSR count). The molecule has 0 aliphatic carbocycles. The highest BCUT2D eigenvalue weighted by molar-refractivity contribution is 5.95. The van der Waals surface area contributed by atoms with Crippen LogP contribution >= 0.6 is 0 Å². The predicted octanol–water partition coefficient (Wildman–Crippen LogP) is 3.50. The van der Waals surface area contributed by atoms with Crippen molar-refractivity contribution in [2.24, 2.45) is 0 Å². The number of benzene rings is 2. The topological polar surface area (TPSA) is 76.5 Å². The minimum atomic E-state index is -0.411. The van der Waals surface area contributed by atoms with Gasteiger partial charge in [0.2, 0.25) is 0 Å². The largest absolute Gasteiger partial charge is 0.372 e. The Balaban J connectivity index is 1.38. The van der Waals surface area contributed by atoms with Crippen LogP contribution in [-0.2, 0) is 11.3 Å². The highest BCUT2D eigenvalue weighted by Crippen LogP contribution is 2.18. The lowest BCUT2D eigenvalue weighted by molar-refractivity contribution is -0.0586. The van der Waals surface area contributed by atoms with Crippen molar-refractivity contribution in [3.63, 3.8) is 0 Å². The normalized spacial score (nSPS) is 18.2. The van der Waals surface area contributed by atoms with Crippen LogP contribution in [0.2, 0.25) is 0 Å². The van der Waals surface area contributed by atoms with E-state index in [1.165, 1.54) is 16.9 Å². The van der Waals surface area contributed by atoms with E-state index < -0.39 is 5.82 Å². The summed E-state index contributed by atoms with van der Waals surface area (Å²) in [4.78, 5) is 27.3. The van der Waals surface area contributed by atoms with Gasteiger partial charge in [-0.05, 0) is 50.6 Å². The first-order chi connectivity index (χ1) is 15.8. The van der Waals surface area contributed by atoms with Gasteiger partial charge >= 0.3 is 0 Å². The van der Waals surface area contributed by atoms with E-state index >= 15 is 0 Å². The van der Waals surface area contributed by atoms with Gasteiger partial charge in [0.15, 0.2) is 0 Å². The number of aromatic nitrogens is 2. The monoisotopic (exact) mass is 450 g/mol. The first kappa shape index (κ1) is 22.7. The van der Waals surface area contributed by atoms with E-state index in [9.17, 15) is 14.0 Å². The third kappa shape index (κ3) is 4.96. The smallest absolute Gasteiger partial charge is 0.255 e. The maximum absolute atomic E-state index is 14.1. The number of hydrogen-bond donors (Lipinski definition) is 1. The number of morpholine rings is 1. The van der Waals surface area contributed by atoms with Crippen molar-refractivity contribution in [2.75, 3.05) is 13.1 Å². The number of carbonyl (C=O) groups excluding carboxylic acids is 2. The highest BCUT2D eigenvalue weighted by atomic mass is 19.1. The first-order valence-corrected chi connectivity index (χ1v) is 10.9. The summed E-state index contributed by atoms with van der Waals surface area (Å²) >= 11 is 0. The van der Waals surface area contributed by atoms with Crippen LogP contribution in [0.15, 0.2) is 54.7 Å². The molecule has 7 nitrogen and oxygen atoms in total. The lowest BCUT2D eigenvalue weighted by atomic mass is 10.1. The van der Waals surface area contributed by atoms with Crippen LogP contribution in [-0.4, -0.2) is 51.8 Å². The minimum absolute atomic E-state index is 0.0124. The number of amides is 2. The molecule has 2 amide bonds. The quantitative estimate of drug-likeness (QED) is 0.646. The molecule has 1 N–H and O–H groups in total. The molecule has 0 saturated carbocycles. The van der Waals surface area contributed by atoms with Crippen LogP contribution in [0.4, 0.5) is 4.39 Å². The molecule has 2 aromatic carbocycles. The van der Waals surface area contributed by atoms with Gasteiger partial charge in [-0.15, -0.1) is 0 Å². The molecular weight excluding hydrogens is 423 g/mol. The molecule has 8 heteroatoms. The van der Waals surface area contributed by atoms with Crippen molar-refractivity contribution in [3.8, 4) is 5.69 Å². The summed E-state index contributed by atoms with van der Waals surface area (Å²) in [6.07, 6.45) is 1.46. The summed E-state index contributed by atoms with van der Waals surface area (Å²) in [7, 11) is 0. The van der Waals surface area contributed by atoms with Gasteiger partial charge in [0.05, 0.1) is 29.7 Å². The molecule has 3 aromatic rings. The Morgan fingerprint density at radius 3 is 2.42 bits per heavy atom. The molecule has 2 atom stereocenters. The van der Waals surface area contributed by atoms with Crippen molar-refractivity contribution in [1.82, 2.24) is 20.0 Å². The third-order valence-corrected chi connectivity index (χ3v) is 5.70. The molecule has 0 bridgehead atoms. The fourth-order valence-electron chi connectivity index (χ4n) is 4.07. The minimum Gasteiger partial charge on any atom is -0.372 e. The fourth-order valence-corrected chi connectivity index (χ4v) is 4.07. The van der Waals surface area contributed by atoms with Gasteiger partial charge in [0.25, 0.3) is 11.8 Å². The SMILES string of the molecule is Cc1c(C(=O)NCc2ccc(C(=O)N3CC(C)OC(C)C3)cc2)cnn1-c1ccccc1F. The van der Waals surface area contributed by atoms with Crippen molar-refractivity contribution < 1.29 is 18.7 Å². The van der Waals surface area contributed by atoms with E-state index in [2.05, 4.69) is 10.4 Å². The van der Waals surface area contributed by atoms with Gasteiger partial charge < -0.3 is 15.0 Å². The van der Waals surface area contributed by atoms with E-state index in [0.29, 0.717) is 42.1 Å². The molecule has 1 aromatic heterocycles. The van der Waals surface area contributed by atoms with Crippen LogP contribution in [0.3, 0.4) is 0 Å². The molecule has 1 aliphatic rings. The Morgan fingerprint density at radius 2 is 1.76 bits per heavy atom. The molecule has 2 unspecified atom stereocenters. The van der Waals surface area contributed by atoms with Crippen molar-refractivity contribution in [1.29, 1.82) is 0 Å². The summed E-state index contributed by atoms with van der Waals surface area (Å²) in [6.45, 7) is 7.08. The van der Waals surface area contributed by atoms with Crippen LogP contribution in [0, 0.1) is 12.7 Å². The molecule has 0 radical (unpaired) electrons. The van der Waals surface area contributed by atoms with Gasteiger partial charge in [0.1, 0.15) is 11.5 Å². The molecule has 1 aliphatic heterocycles. The second-order valence-corrected chi connectivity index (χ2v) is 8.35. The van der Waals surface area contributed by atoms with Crippen LogP contribution in [0.5, 0.6) is 0 Å². The summed E-state index contributed by atoms with van der Waals surface area (Å²) < 4.78 is 21.2. The Bertz CT molecular complexity index is 1150. The molecular formula is C25H27FN4O3. The molecule has 172 valence electrons. The first-order valence-electron chi connectivity index (χ1n) is 10.9. The van der Waals surface area contributed by atoms with Crippen LogP contribution in [0.25, 0.3) is 5.69 Å². The average Bonchev–Trinajstić information content (AvgIpc) is 3.18. The number of carbonyl (C=O) groups is 2. The molecule has 33 heavy (non-hydrogen) atoms. The zero-order valence-electron chi connectivity index (χ0n) is 18.9. The molecule has 0 spiro atoms. The number of rotatable bonds is 5. The maximum atomic E-state index is 14.1. The second kappa shape index (κ2) is 9.54. The molecule has 1 saturated heterocycles. The number of nitrogens with zero attached hydrogens (tertiary/aromatic N) is 3. The number of para-hydroxylation sites is 1. The lowest BCUT2D eigenvalue weighted by Gasteiger charge is -2.35. The predicted molar refractivity (Wildman–Crippen MR) is 122 cm³/mol. The van der Waals surface area contributed by atoms with Crippen molar-refractivity contribution in [3.05, 3.63) is 82.9 Å². The van der Waals surface area contributed by atoms with Crippen molar-refractivity contribution in [2.45, 2.75) is 39.5 Å². The standard InChI is InChI=1S/C25H27FN4O3/c1-16-14-29(15-17(2)33-16)25(32)20-10-8-19(9-11-20)12-27-24(31)21-13-28-30(18(21)3)23-7-5-4-6-22(23)26/h4-11,13,16-17H,12,14-15H2,1-3H3,(H,27,31). The van der Waals surface area contributed by atoms with Crippen LogP contribution < -0.4 is 5.32 Å². The highest BCUT2D eigenvalue weighted by Gasteiger charge is 2.26. The van der Waals surface area contributed by atoms with E-state index in [-0.39, 0.29) is 24.0 Å². The Hall–Kier alpha value is -3.52. The fraction of sp³-hybridized carbons (Fsp3) is 0.320. The zero-order chi connectivity index (χ0) is 23.5. The summed E-state index contributed by atoms with van der Waals surface area (Å²) in [5, 5.41) is 7.03. The van der Waals surface area contributed by atoms with Gasteiger partial charge in [-0.2, -0.15) is 5.10 Å². The van der Waals surface area contributed by atoms with E-state index in [1.54, 1.807) is 37.3 Å². The molecule has 1 fully saturated rings. The maximum Gasteiger partial charge on any atom is 0.255 e. The Kier molecular flexibility index (Phi) is 6.55. The van der Waals surface area contributed by atoms with Gasteiger partial charge in [0, 0.05) is 25.2 Å². The lowest BCUT2D eigenvalue weighted by Crippen LogP contribution is -2.48. The molecule has 2 heterocycles. The summed E-state index contributed by atoms with van der Waals surface area (Å²) in [6, 6.07) is 13.5. The number of halogens is 1. The number of hydrogen-bond acceptors (Lipinski definition) is 4. The second-order valence-electron chi connectivity index (χ2n) is 8.35. The Morgan fingerprint density at radius 1 is 1.09 bits per heavy atom. The average molecular weight is 451 g/mol. The number of ether oxygens (including phenoxy) is 1. The van der Waals surface area contributed by atoms with Gasteiger partial charge in [-0.3, -0.25) is 9.59 Å². The Labute approximate surface area is 192 Å². The number of nitrogens with one attached hydrogen (secondary N) is 1. The summed E-state index contributed by atoms with van der Waals surface area (Å²) in [5.74, 6) is -0.735. The van der Waals surface area contributed by atoms with E-state index in [0.717, 1.165) is 5.56 Å². The third-order valence-electron chi connectivity index (χ3n) is 5.70. The summed E-state index contributed by atoms with van der Waals surface area (Å²) in [5.41, 5.74) is 2.68. The van der Waals surface area contributed by atoms with Crippen LogP contribution in [0.1, 0.15) is 45.8 Å².